The predicted octanol–water partition coefficient (Wildman–Crippen LogP) is 0.426. The lowest BCUT2D eigenvalue weighted by Crippen LogP contribution is -2.51. The average Bonchev–Trinajstić information content (AvgIpc) is 2.82. The zero-order chi connectivity index (χ0) is 24.7. The van der Waals surface area contributed by atoms with Crippen molar-refractivity contribution in [3.05, 3.63) is 45.1 Å². The Balaban J connectivity index is 1.75. The van der Waals surface area contributed by atoms with E-state index in [4.69, 9.17) is 10.5 Å². The monoisotopic (exact) mass is 474 g/mol. The van der Waals surface area contributed by atoms with Crippen LogP contribution in [0.3, 0.4) is 0 Å². The number of ether oxygens (including phenoxy) is 1. The molecule has 0 unspecified atom stereocenters. The second-order valence-corrected chi connectivity index (χ2v) is 8.32. The molecule has 1 aliphatic rings. The summed E-state index contributed by atoms with van der Waals surface area (Å²) >= 11 is 0. The molecule has 11 heteroatoms. The molecule has 0 radical (unpaired) electrons. The molecular formula is C23H34N6O5. The number of aromatic amines is 1. The lowest BCUT2D eigenvalue weighted by Gasteiger charge is -2.36. The number of carbonyl (C=O) groups is 1. The molecule has 0 spiro atoms. The lowest BCUT2D eigenvalue weighted by molar-refractivity contribution is -0.120. The van der Waals surface area contributed by atoms with E-state index in [0.717, 1.165) is 25.2 Å². The highest BCUT2D eigenvalue weighted by atomic mass is 16.5. The van der Waals surface area contributed by atoms with Gasteiger partial charge >= 0.3 is 5.69 Å². The first kappa shape index (κ1) is 25.3. The fourth-order valence-corrected chi connectivity index (χ4v) is 4.02. The van der Waals surface area contributed by atoms with Crippen molar-refractivity contribution in [2.24, 2.45) is 0 Å². The zero-order valence-electron chi connectivity index (χ0n) is 19.8. The van der Waals surface area contributed by atoms with Crippen LogP contribution in [-0.4, -0.2) is 78.4 Å². The highest BCUT2D eigenvalue weighted by Gasteiger charge is 2.27. The molecule has 0 atom stereocenters. The van der Waals surface area contributed by atoms with Crippen LogP contribution in [0.2, 0.25) is 0 Å². The number of aromatic nitrogens is 2. The largest absolute Gasteiger partial charge is 0.508 e. The quantitative estimate of drug-likeness (QED) is 0.451. The number of amides is 1. The van der Waals surface area contributed by atoms with Crippen LogP contribution >= 0.6 is 0 Å². The Labute approximate surface area is 198 Å². The number of phenols is 1. The number of carbonyl (C=O) groups excluding carboxylic acids is 1. The third-order valence-corrected chi connectivity index (χ3v) is 5.99. The molecule has 0 aliphatic carbocycles. The second kappa shape index (κ2) is 11.7. The van der Waals surface area contributed by atoms with E-state index in [1.807, 2.05) is 24.0 Å². The number of H-pyrrole nitrogens is 1. The number of methoxy groups -OCH3 is 1. The van der Waals surface area contributed by atoms with Crippen molar-refractivity contribution in [3.63, 3.8) is 0 Å². The number of nitrogen functional groups attached to an aromatic ring is 1. The summed E-state index contributed by atoms with van der Waals surface area (Å²) in [6, 6.07) is 7.04. The van der Waals surface area contributed by atoms with Crippen LogP contribution in [0.4, 0.5) is 17.2 Å². The van der Waals surface area contributed by atoms with E-state index in [2.05, 4.69) is 9.88 Å². The molecule has 1 aromatic heterocycles. The maximum absolute atomic E-state index is 13.3. The molecule has 0 bridgehead atoms. The fraction of sp³-hybridized carbons (Fsp3) is 0.522. The van der Waals surface area contributed by atoms with E-state index in [1.165, 1.54) is 16.6 Å². The third kappa shape index (κ3) is 5.97. The fourth-order valence-electron chi connectivity index (χ4n) is 4.02. The van der Waals surface area contributed by atoms with Crippen LogP contribution < -0.4 is 26.8 Å². The number of piperazine rings is 1. The van der Waals surface area contributed by atoms with E-state index in [1.54, 1.807) is 12.1 Å². The number of nitrogens with two attached hydrogens (primary N) is 1. The summed E-state index contributed by atoms with van der Waals surface area (Å²) in [5, 5.41) is 9.49. The molecule has 11 nitrogen and oxygen atoms in total. The number of benzene rings is 1. The smallest absolute Gasteiger partial charge is 0.330 e. The van der Waals surface area contributed by atoms with Crippen LogP contribution in [-0.2, 0) is 16.1 Å². The number of hydrogen-bond acceptors (Lipinski definition) is 8. The van der Waals surface area contributed by atoms with Crippen molar-refractivity contribution in [1.82, 2.24) is 14.5 Å². The number of rotatable bonds is 10. The summed E-state index contributed by atoms with van der Waals surface area (Å²) in [7, 11) is 1.51. The second-order valence-electron chi connectivity index (χ2n) is 8.32. The number of phenolic OH excluding ortho intramolecular Hbond substituents is 1. The van der Waals surface area contributed by atoms with E-state index < -0.39 is 11.2 Å². The highest BCUT2D eigenvalue weighted by Crippen LogP contribution is 2.21. The molecule has 2 aromatic rings. The van der Waals surface area contributed by atoms with Gasteiger partial charge in [0.1, 0.15) is 11.6 Å². The van der Waals surface area contributed by atoms with Gasteiger partial charge in [-0.1, -0.05) is 13.3 Å². The molecule has 1 amide bonds. The van der Waals surface area contributed by atoms with Gasteiger partial charge in [0.15, 0.2) is 5.69 Å². The van der Waals surface area contributed by atoms with Gasteiger partial charge in [-0.15, -0.1) is 0 Å². The maximum atomic E-state index is 13.3. The van der Waals surface area contributed by atoms with Crippen molar-refractivity contribution in [3.8, 4) is 5.75 Å². The summed E-state index contributed by atoms with van der Waals surface area (Å²) < 4.78 is 6.46. The molecular weight excluding hydrogens is 440 g/mol. The molecule has 1 aromatic carbocycles. The van der Waals surface area contributed by atoms with Gasteiger partial charge < -0.3 is 25.4 Å². The third-order valence-electron chi connectivity index (χ3n) is 5.99. The van der Waals surface area contributed by atoms with Gasteiger partial charge in [-0.05, 0) is 30.7 Å². The molecule has 1 aliphatic heterocycles. The highest BCUT2D eigenvalue weighted by molar-refractivity contribution is 5.96. The average molecular weight is 475 g/mol. The van der Waals surface area contributed by atoms with Gasteiger partial charge in [0.2, 0.25) is 5.91 Å². The minimum atomic E-state index is -0.683. The van der Waals surface area contributed by atoms with Crippen molar-refractivity contribution < 1.29 is 14.6 Å². The predicted molar refractivity (Wildman–Crippen MR) is 132 cm³/mol. The number of unbranched alkanes of at least 4 members (excludes halogenated alkanes) is 1. The standard InChI is InChI=1S/C23H34N6O5/c1-3-4-9-29-21(24)20(22(32)25-23(29)33)28(14-15-34-2)19(31)16-26-10-12-27(13-11-26)17-5-7-18(30)8-6-17/h5-8,30H,3-4,9-16,24H2,1-2H3,(H,25,32,33). The van der Waals surface area contributed by atoms with Crippen LogP contribution in [0, 0.1) is 0 Å². The normalized spacial score (nSPS) is 14.4. The SMILES string of the molecule is CCCCn1c(N)c(N(CCOC)C(=O)CN2CCN(c3ccc(O)cc3)CC2)c(=O)[nH]c1=O. The Kier molecular flexibility index (Phi) is 8.72. The van der Waals surface area contributed by atoms with Crippen molar-refractivity contribution in [2.75, 3.05) is 68.5 Å². The van der Waals surface area contributed by atoms with Crippen LogP contribution in [0.25, 0.3) is 0 Å². The number of nitrogens with zero attached hydrogens (tertiary/aromatic N) is 4. The molecule has 2 heterocycles. The Morgan fingerprint density at radius 3 is 2.47 bits per heavy atom. The molecule has 4 N–H and O–H groups in total. The van der Waals surface area contributed by atoms with E-state index >= 15 is 0 Å². The van der Waals surface area contributed by atoms with E-state index in [9.17, 15) is 19.5 Å². The van der Waals surface area contributed by atoms with E-state index in [0.29, 0.717) is 26.1 Å². The minimum Gasteiger partial charge on any atom is -0.508 e. The van der Waals surface area contributed by atoms with Crippen LogP contribution in [0.15, 0.2) is 33.9 Å². The lowest BCUT2D eigenvalue weighted by atomic mass is 10.2. The molecule has 186 valence electrons. The van der Waals surface area contributed by atoms with Gasteiger partial charge in [0, 0.05) is 52.1 Å². The summed E-state index contributed by atoms with van der Waals surface area (Å²) in [6.45, 7) is 5.58. The Bertz CT molecular complexity index is 1070. The van der Waals surface area contributed by atoms with Crippen LogP contribution in [0.1, 0.15) is 19.8 Å². The first-order valence-electron chi connectivity index (χ1n) is 11.5. The number of hydrogen-bond donors (Lipinski definition) is 3. The van der Waals surface area contributed by atoms with Crippen molar-refractivity contribution in [2.45, 2.75) is 26.3 Å². The van der Waals surface area contributed by atoms with Gasteiger partial charge in [-0.2, -0.15) is 0 Å². The maximum Gasteiger partial charge on any atom is 0.330 e. The molecule has 1 fully saturated rings. The van der Waals surface area contributed by atoms with Crippen molar-refractivity contribution >= 4 is 23.1 Å². The Morgan fingerprint density at radius 2 is 1.85 bits per heavy atom. The number of nitrogens with one attached hydrogen (secondary N) is 1. The van der Waals surface area contributed by atoms with Gasteiger partial charge in [-0.3, -0.25) is 24.0 Å². The topological polar surface area (TPSA) is 137 Å². The molecule has 0 saturated carbocycles. The van der Waals surface area contributed by atoms with Crippen LogP contribution in [0.5, 0.6) is 5.75 Å². The molecule has 3 rings (SSSR count). The first-order chi connectivity index (χ1) is 16.3. The summed E-state index contributed by atoms with van der Waals surface area (Å²) in [4.78, 5) is 46.1. The first-order valence-corrected chi connectivity index (χ1v) is 11.5. The number of aromatic hydroxyl groups is 1. The summed E-state index contributed by atoms with van der Waals surface area (Å²) in [6.07, 6.45) is 1.57. The number of anilines is 3. The van der Waals surface area contributed by atoms with Gasteiger partial charge in [0.05, 0.1) is 13.2 Å². The van der Waals surface area contributed by atoms with Gasteiger partial charge in [0.25, 0.3) is 5.56 Å². The van der Waals surface area contributed by atoms with Gasteiger partial charge in [-0.25, -0.2) is 4.79 Å². The van der Waals surface area contributed by atoms with E-state index in [-0.39, 0.29) is 42.9 Å². The summed E-state index contributed by atoms with van der Waals surface area (Å²) in [5.74, 6) is -0.0729. The Morgan fingerprint density at radius 1 is 1.18 bits per heavy atom. The molecule has 34 heavy (non-hydrogen) atoms. The minimum absolute atomic E-state index is 0.0104. The van der Waals surface area contributed by atoms with Crippen molar-refractivity contribution in [1.29, 1.82) is 0 Å². The molecule has 1 saturated heterocycles. The zero-order valence-corrected chi connectivity index (χ0v) is 19.8. The Hall–Kier alpha value is -3.31. The summed E-state index contributed by atoms with van der Waals surface area (Å²) in [5.41, 5.74) is 5.97.